The summed E-state index contributed by atoms with van der Waals surface area (Å²) in [5, 5.41) is 10.2. The minimum Gasteiger partial charge on any atom is -0.355 e. The molecule has 0 bridgehead atoms. The summed E-state index contributed by atoms with van der Waals surface area (Å²) >= 11 is 5.41. The molecule has 33 heavy (non-hydrogen) atoms. The molecule has 0 atom stereocenters. The molecule has 6 nitrogen and oxygen atoms in total. The molecule has 1 heterocycles. The first kappa shape index (κ1) is 17.0. The van der Waals surface area contributed by atoms with Crippen molar-refractivity contribution in [2.24, 2.45) is 0 Å². The standard InChI is InChI=1S/C22H16F4N4O2S/c1-28-18(31)15-6-5-14(10-17(15)23)30-20(33)29(19(32)21(30)7-2-8-21)13-4-3-12(11-27)16(9-13)22(24,25)26/h3-6,9-10H,2,7-8H2,1H3,(H,28,31)/i1D3,5D,10D. The van der Waals surface area contributed by atoms with Gasteiger partial charge >= 0.3 is 6.18 Å². The molecule has 1 spiro atoms. The van der Waals surface area contributed by atoms with Gasteiger partial charge in [0, 0.05) is 16.8 Å². The zero-order valence-electron chi connectivity index (χ0n) is 21.5. The van der Waals surface area contributed by atoms with Crippen molar-refractivity contribution < 1.29 is 34.0 Å². The number of hydrogen-bond donors (Lipinski definition) is 1. The van der Waals surface area contributed by atoms with Crippen LogP contribution in [0.15, 0.2) is 36.4 Å². The van der Waals surface area contributed by atoms with Gasteiger partial charge in [-0.15, -0.1) is 0 Å². The van der Waals surface area contributed by atoms with Crippen LogP contribution in [-0.4, -0.2) is 29.4 Å². The number of carbonyl (C=O) groups is 2. The maximum absolute atomic E-state index is 15.2. The van der Waals surface area contributed by atoms with Crippen molar-refractivity contribution in [3.05, 3.63) is 58.9 Å². The molecule has 2 aromatic carbocycles. The predicted molar refractivity (Wildman–Crippen MR) is 115 cm³/mol. The number of benzene rings is 2. The maximum Gasteiger partial charge on any atom is 0.417 e. The first-order valence-electron chi connectivity index (χ1n) is 12.0. The molecule has 11 heteroatoms. The van der Waals surface area contributed by atoms with E-state index in [4.69, 9.17) is 24.3 Å². The number of amides is 2. The minimum atomic E-state index is -4.92. The van der Waals surface area contributed by atoms with E-state index in [0.29, 0.717) is 18.6 Å². The van der Waals surface area contributed by atoms with Gasteiger partial charge in [-0.1, -0.05) is 0 Å². The zero-order chi connectivity index (χ0) is 28.4. The highest BCUT2D eigenvalue weighted by molar-refractivity contribution is 7.81. The Morgan fingerprint density at radius 1 is 1.33 bits per heavy atom. The highest BCUT2D eigenvalue weighted by Crippen LogP contribution is 2.48. The third kappa shape index (κ3) is 3.41. The summed E-state index contributed by atoms with van der Waals surface area (Å²) in [5.74, 6) is -3.62. The Balaban J connectivity index is 1.84. The van der Waals surface area contributed by atoms with Crippen molar-refractivity contribution in [3.8, 4) is 6.07 Å². The number of thiocarbonyl (C=S) groups is 1. The van der Waals surface area contributed by atoms with E-state index in [1.807, 2.05) is 0 Å². The van der Waals surface area contributed by atoms with E-state index in [1.165, 1.54) is 6.07 Å². The monoisotopic (exact) mass is 481 g/mol. The Morgan fingerprint density at radius 2 is 2.06 bits per heavy atom. The first-order valence-corrected chi connectivity index (χ1v) is 9.86. The number of rotatable bonds is 3. The normalized spacial score (nSPS) is 19.8. The lowest BCUT2D eigenvalue weighted by molar-refractivity contribution is -0.137. The van der Waals surface area contributed by atoms with Gasteiger partial charge in [0.25, 0.3) is 11.8 Å². The topological polar surface area (TPSA) is 76.4 Å². The lowest BCUT2D eigenvalue weighted by atomic mass is 9.75. The minimum absolute atomic E-state index is 0.132. The Kier molecular flexibility index (Phi) is 4.03. The van der Waals surface area contributed by atoms with Crippen molar-refractivity contribution in [2.45, 2.75) is 31.0 Å². The molecular weight excluding hydrogens is 460 g/mol. The number of alkyl halides is 3. The van der Waals surface area contributed by atoms with Gasteiger partial charge in [-0.2, -0.15) is 18.4 Å². The van der Waals surface area contributed by atoms with Crippen molar-refractivity contribution in [3.63, 3.8) is 0 Å². The van der Waals surface area contributed by atoms with Gasteiger partial charge in [0.2, 0.25) is 0 Å². The van der Waals surface area contributed by atoms with Crippen molar-refractivity contribution in [1.29, 1.82) is 5.26 Å². The summed E-state index contributed by atoms with van der Waals surface area (Å²) in [6, 6.07) is 3.04. The number of anilines is 2. The summed E-state index contributed by atoms with van der Waals surface area (Å²) in [6.07, 6.45) is -4.17. The van der Waals surface area contributed by atoms with Gasteiger partial charge < -0.3 is 10.2 Å². The van der Waals surface area contributed by atoms with Crippen LogP contribution in [0.1, 0.15) is 47.6 Å². The van der Waals surface area contributed by atoms with Gasteiger partial charge in [-0.25, -0.2) is 4.39 Å². The third-order valence-corrected chi connectivity index (χ3v) is 6.04. The Morgan fingerprint density at radius 3 is 2.64 bits per heavy atom. The van der Waals surface area contributed by atoms with E-state index in [0.717, 1.165) is 21.9 Å². The van der Waals surface area contributed by atoms with Crippen molar-refractivity contribution >= 4 is 40.5 Å². The summed E-state index contributed by atoms with van der Waals surface area (Å²) in [4.78, 5) is 27.6. The van der Waals surface area contributed by atoms with Gasteiger partial charge in [0.1, 0.15) is 11.4 Å². The number of hydrogen-bond acceptors (Lipinski definition) is 4. The van der Waals surface area contributed by atoms with E-state index in [2.05, 4.69) is 0 Å². The molecule has 1 N–H and O–H groups in total. The molecular formula is C22H16F4N4O2S. The second kappa shape index (κ2) is 7.81. The summed E-state index contributed by atoms with van der Waals surface area (Å²) in [7, 11) is 0. The van der Waals surface area contributed by atoms with E-state index in [1.54, 1.807) is 5.32 Å². The number of halogens is 4. The number of nitrogens with one attached hydrogen (secondary N) is 1. The van der Waals surface area contributed by atoms with Gasteiger partial charge in [0.15, 0.2) is 5.11 Å². The van der Waals surface area contributed by atoms with Crippen LogP contribution in [-0.2, 0) is 11.0 Å². The van der Waals surface area contributed by atoms with E-state index in [-0.39, 0.29) is 18.5 Å². The molecule has 170 valence electrons. The zero-order valence-corrected chi connectivity index (χ0v) is 17.3. The molecule has 0 aromatic heterocycles. The lowest BCUT2D eigenvalue weighted by Gasteiger charge is -2.43. The Labute approximate surface area is 198 Å². The van der Waals surface area contributed by atoms with Gasteiger partial charge in [-0.05, 0) is 67.8 Å². The fourth-order valence-corrected chi connectivity index (χ4v) is 4.38. The van der Waals surface area contributed by atoms with Crippen LogP contribution in [0.25, 0.3) is 0 Å². The highest BCUT2D eigenvalue weighted by Gasteiger charge is 2.59. The van der Waals surface area contributed by atoms with E-state index in [9.17, 15) is 22.8 Å². The number of nitrogens with zero attached hydrogens (tertiary/aromatic N) is 3. The van der Waals surface area contributed by atoms with E-state index >= 15 is 4.39 Å². The van der Waals surface area contributed by atoms with Crippen LogP contribution in [0.5, 0.6) is 0 Å². The van der Waals surface area contributed by atoms with Crippen LogP contribution in [0, 0.1) is 17.1 Å². The second-order valence-electron chi connectivity index (χ2n) is 7.43. The molecule has 2 amide bonds. The Hall–Kier alpha value is -3.52. The number of carbonyl (C=O) groups excluding carboxylic acids is 2. The summed E-state index contributed by atoms with van der Waals surface area (Å²) < 4.78 is 93.9. The fourth-order valence-electron chi connectivity index (χ4n) is 3.93. The SMILES string of the molecule is [2H]c1cc(C(=O)NC([2H])([2H])[2H])c(F)c([2H])c1N1C(=S)N(c2ccc(C#N)c(C(F)(F)F)c2)C(=O)C12CCC2. The lowest BCUT2D eigenvalue weighted by Crippen LogP contribution is -2.55. The summed E-state index contributed by atoms with van der Waals surface area (Å²) in [6.45, 7) is -2.97. The highest BCUT2D eigenvalue weighted by atomic mass is 32.1. The predicted octanol–water partition coefficient (Wildman–Crippen LogP) is 4.14. The van der Waals surface area contributed by atoms with Crippen LogP contribution < -0.4 is 15.1 Å². The molecule has 2 fully saturated rings. The second-order valence-corrected chi connectivity index (χ2v) is 7.79. The molecule has 1 saturated heterocycles. The molecule has 1 saturated carbocycles. The fraction of sp³-hybridized carbons (Fsp3) is 0.273. The molecule has 2 aromatic rings. The van der Waals surface area contributed by atoms with Crippen molar-refractivity contribution in [1.82, 2.24) is 5.32 Å². The van der Waals surface area contributed by atoms with E-state index < -0.39 is 75.9 Å². The first-order chi connectivity index (χ1) is 17.5. The quantitative estimate of drug-likeness (QED) is 0.527. The molecule has 4 rings (SSSR count). The van der Waals surface area contributed by atoms with Gasteiger partial charge in [0.05, 0.1) is 31.2 Å². The van der Waals surface area contributed by atoms with Crippen LogP contribution in [0.4, 0.5) is 28.9 Å². The maximum atomic E-state index is 15.2. The Bertz CT molecular complexity index is 1440. The van der Waals surface area contributed by atoms with Crippen LogP contribution in [0.2, 0.25) is 0 Å². The molecule has 1 aliphatic carbocycles. The molecule has 0 unspecified atom stereocenters. The average Bonchev–Trinajstić information content (AvgIpc) is 3.01. The smallest absolute Gasteiger partial charge is 0.355 e. The number of nitriles is 1. The largest absolute Gasteiger partial charge is 0.417 e. The molecule has 1 aliphatic heterocycles. The van der Waals surface area contributed by atoms with Crippen LogP contribution in [0.3, 0.4) is 0 Å². The average molecular weight is 481 g/mol. The molecule has 0 radical (unpaired) electrons. The van der Waals surface area contributed by atoms with Crippen LogP contribution >= 0.6 is 12.2 Å². The van der Waals surface area contributed by atoms with Crippen molar-refractivity contribution in [2.75, 3.05) is 16.8 Å². The third-order valence-electron chi connectivity index (χ3n) is 5.68. The van der Waals surface area contributed by atoms with Gasteiger partial charge in [-0.3, -0.25) is 14.5 Å². The summed E-state index contributed by atoms with van der Waals surface area (Å²) in [5.41, 5.74) is -5.19. The molecule has 2 aliphatic rings.